The van der Waals surface area contributed by atoms with Crippen LogP contribution in [0.3, 0.4) is 0 Å². The summed E-state index contributed by atoms with van der Waals surface area (Å²) in [5.41, 5.74) is -1.19. The van der Waals surface area contributed by atoms with E-state index in [1.807, 2.05) is 0 Å². The minimum atomic E-state index is -2.56. The SMILES string of the molecule is CC(C)(C[Si](c1ccccc1)(c1ccccc1)c1ccccc1)OOC(C)(C)C[Si](c1ccccc1)(c1ccccc1)c1ccccc1. The molecule has 4 heteroatoms. The van der Waals surface area contributed by atoms with Crippen LogP contribution in [0.2, 0.25) is 12.1 Å². The van der Waals surface area contributed by atoms with Gasteiger partial charge in [-0.3, -0.25) is 0 Å². The van der Waals surface area contributed by atoms with Gasteiger partial charge in [0.15, 0.2) is 16.1 Å². The van der Waals surface area contributed by atoms with E-state index < -0.39 is 27.3 Å². The van der Waals surface area contributed by atoms with E-state index in [1.54, 1.807) is 0 Å². The standard InChI is InChI=1S/C44H46O2Si2/c1-43(2,35-47(37-23-11-5-12-24-37,38-25-13-6-14-26-38)39-27-15-7-16-28-39)45-46-44(3,4)36-48(40-29-17-8-18-30-40,41-31-19-9-20-32-41)42-33-21-10-22-34-42/h5-34H,35-36H2,1-4H3. The van der Waals surface area contributed by atoms with Gasteiger partial charge in [-0.05, 0) is 70.9 Å². The molecule has 0 aliphatic rings. The van der Waals surface area contributed by atoms with Gasteiger partial charge in [-0.2, -0.15) is 0 Å². The van der Waals surface area contributed by atoms with E-state index in [-0.39, 0.29) is 0 Å². The molecule has 48 heavy (non-hydrogen) atoms. The molecule has 6 aromatic carbocycles. The van der Waals surface area contributed by atoms with Crippen molar-refractivity contribution in [2.24, 2.45) is 0 Å². The highest BCUT2D eigenvalue weighted by atomic mass is 28.3. The average Bonchev–Trinajstić information content (AvgIpc) is 3.14. The maximum Gasteiger partial charge on any atom is 0.151 e. The Morgan fingerprint density at radius 1 is 0.312 bits per heavy atom. The van der Waals surface area contributed by atoms with Crippen LogP contribution in [0.15, 0.2) is 182 Å². The lowest BCUT2D eigenvalue weighted by molar-refractivity contribution is -0.393. The molecule has 0 unspecified atom stereocenters. The largest absolute Gasteiger partial charge is 0.230 e. The van der Waals surface area contributed by atoms with Gasteiger partial charge < -0.3 is 0 Å². The highest BCUT2D eigenvalue weighted by Gasteiger charge is 2.47. The van der Waals surface area contributed by atoms with E-state index in [2.05, 4.69) is 210 Å². The summed E-state index contributed by atoms with van der Waals surface area (Å²) in [6, 6.07) is 67.8. The van der Waals surface area contributed by atoms with Gasteiger partial charge in [-0.15, -0.1) is 0 Å². The molecular formula is C44H46O2Si2. The second-order valence-electron chi connectivity index (χ2n) is 14.0. The molecule has 0 N–H and O–H groups in total. The zero-order chi connectivity index (χ0) is 33.5. The van der Waals surface area contributed by atoms with Crippen LogP contribution in [0.5, 0.6) is 0 Å². The summed E-state index contributed by atoms with van der Waals surface area (Å²) < 4.78 is 0. The molecular weight excluding hydrogens is 617 g/mol. The lowest BCUT2D eigenvalue weighted by Crippen LogP contribution is -2.70. The van der Waals surface area contributed by atoms with Gasteiger partial charge in [0.25, 0.3) is 0 Å². The van der Waals surface area contributed by atoms with E-state index in [1.165, 1.54) is 31.1 Å². The van der Waals surface area contributed by atoms with Crippen molar-refractivity contribution in [3.63, 3.8) is 0 Å². The second-order valence-corrected chi connectivity index (χ2v) is 21.8. The molecule has 0 aromatic heterocycles. The van der Waals surface area contributed by atoms with E-state index in [9.17, 15) is 0 Å². The van der Waals surface area contributed by atoms with Crippen molar-refractivity contribution in [3.8, 4) is 0 Å². The maximum atomic E-state index is 6.72. The second kappa shape index (κ2) is 14.4. The zero-order valence-corrected chi connectivity index (χ0v) is 30.6. The molecule has 0 saturated heterocycles. The molecule has 6 rings (SSSR count). The minimum Gasteiger partial charge on any atom is -0.230 e. The quantitative estimate of drug-likeness (QED) is 0.0584. The predicted molar refractivity (Wildman–Crippen MR) is 208 cm³/mol. The molecule has 0 heterocycles. The van der Waals surface area contributed by atoms with Crippen LogP contribution in [-0.2, 0) is 9.78 Å². The van der Waals surface area contributed by atoms with Crippen molar-refractivity contribution in [2.75, 3.05) is 0 Å². The third kappa shape index (κ3) is 7.08. The third-order valence-electron chi connectivity index (χ3n) is 9.47. The Balaban J connectivity index is 1.38. The first kappa shape index (κ1) is 33.6. The summed E-state index contributed by atoms with van der Waals surface area (Å²) >= 11 is 0. The number of benzene rings is 6. The first-order valence-electron chi connectivity index (χ1n) is 17.0. The molecule has 0 aliphatic carbocycles. The topological polar surface area (TPSA) is 18.5 Å². The molecule has 0 spiro atoms. The Morgan fingerprint density at radius 3 is 0.646 bits per heavy atom. The van der Waals surface area contributed by atoms with E-state index in [0.717, 1.165) is 12.1 Å². The van der Waals surface area contributed by atoms with Crippen LogP contribution < -0.4 is 31.1 Å². The van der Waals surface area contributed by atoms with Crippen molar-refractivity contribution >= 4 is 47.3 Å². The Hall–Kier alpha value is -4.33. The van der Waals surface area contributed by atoms with E-state index in [0.29, 0.717) is 0 Å². The predicted octanol–water partition coefficient (Wildman–Crippen LogP) is 6.83. The van der Waals surface area contributed by atoms with Crippen LogP contribution in [0, 0.1) is 0 Å². The summed E-state index contributed by atoms with van der Waals surface area (Å²) in [6.45, 7) is 8.76. The van der Waals surface area contributed by atoms with Gasteiger partial charge >= 0.3 is 0 Å². The molecule has 0 aliphatic heterocycles. The van der Waals surface area contributed by atoms with Crippen LogP contribution in [0.4, 0.5) is 0 Å². The lowest BCUT2D eigenvalue weighted by Gasteiger charge is -2.42. The summed E-state index contributed by atoms with van der Waals surface area (Å²) in [7, 11) is -5.11. The van der Waals surface area contributed by atoms with Gasteiger partial charge in [0, 0.05) is 0 Å². The molecule has 0 bridgehead atoms. The Labute approximate surface area is 289 Å². The normalized spacial score (nSPS) is 12.5. The highest BCUT2D eigenvalue weighted by molar-refractivity contribution is 7.12. The molecule has 0 radical (unpaired) electrons. The van der Waals surface area contributed by atoms with Gasteiger partial charge in [-0.25, -0.2) is 9.78 Å². The van der Waals surface area contributed by atoms with Crippen molar-refractivity contribution in [1.29, 1.82) is 0 Å². The van der Waals surface area contributed by atoms with Crippen LogP contribution in [0.1, 0.15) is 27.7 Å². The summed E-state index contributed by atoms with van der Waals surface area (Å²) in [5.74, 6) is 0. The van der Waals surface area contributed by atoms with E-state index >= 15 is 0 Å². The first-order valence-corrected chi connectivity index (χ1v) is 21.4. The molecule has 6 aromatic rings. The number of hydrogen-bond acceptors (Lipinski definition) is 2. The molecule has 2 nitrogen and oxygen atoms in total. The Kier molecular flexibility index (Phi) is 10.1. The van der Waals surface area contributed by atoms with Crippen LogP contribution in [-0.4, -0.2) is 27.3 Å². The molecule has 0 atom stereocenters. The summed E-state index contributed by atoms with van der Waals surface area (Å²) in [5, 5.41) is 8.18. The van der Waals surface area contributed by atoms with Gasteiger partial charge in [-0.1, -0.05) is 182 Å². The van der Waals surface area contributed by atoms with Crippen LogP contribution >= 0.6 is 0 Å². The Bertz CT molecular complexity index is 1510. The van der Waals surface area contributed by atoms with Crippen molar-refractivity contribution in [2.45, 2.75) is 51.0 Å². The fourth-order valence-corrected chi connectivity index (χ4v) is 18.0. The molecule has 0 fully saturated rings. The minimum absolute atomic E-state index is 0.596. The first-order chi connectivity index (χ1) is 23.3. The number of rotatable bonds is 13. The zero-order valence-electron chi connectivity index (χ0n) is 28.6. The van der Waals surface area contributed by atoms with Crippen molar-refractivity contribution < 1.29 is 9.78 Å². The van der Waals surface area contributed by atoms with Crippen molar-refractivity contribution in [1.82, 2.24) is 0 Å². The monoisotopic (exact) mass is 662 g/mol. The lowest BCUT2D eigenvalue weighted by atomic mass is 10.2. The third-order valence-corrected chi connectivity index (χ3v) is 20.2. The maximum absolute atomic E-state index is 6.72. The van der Waals surface area contributed by atoms with Gasteiger partial charge in [0.1, 0.15) is 0 Å². The Morgan fingerprint density at radius 2 is 0.479 bits per heavy atom. The van der Waals surface area contributed by atoms with Crippen molar-refractivity contribution in [3.05, 3.63) is 182 Å². The molecule has 0 amide bonds. The smallest absolute Gasteiger partial charge is 0.151 e. The van der Waals surface area contributed by atoms with E-state index in [4.69, 9.17) is 9.78 Å². The fraction of sp³-hybridized carbons (Fsp3) is 0.182. The molecule has 242 valence electrons. The van der Waals surface area contributed by atoms with Crippen LogP contribution in [0.25, 0.3) is 0 Å². The van der Waals surface area contributed by atoms with Gasteiger partial charge in [0.2, 0.25) is 0 Å². The number of hydrogen-bond donors (Lipinski definition) is 0. The molecule has 0 saturated carbocycles. The summed E-state index contributed by atoms with van der Waals surface area (Å²) in [6.07, 6.45) is 0. The average molecular weight is 663 g/mol. The summed E-state index contributed by atoms with van der Waals surface area (Å²) in [4.78, 5) is 13.4. The fourth-order valence-electron chi connectivity index (χ4n) is 7.51. The van der Waals surface area contributed by atoms with Gasteiger partial charge in [0.05, 0.1) is 11.2 Å². The highest BCUT2D eigenvalue weighted by Crippen LogP contribution is 2.31.